The molecule has 1 rings (SSSR count). The Bertz CT molecular complexity index is 279. The summed E-state index contributed by atoms with van der Waals surface area (Å²) >= 11 is 8.10. The van der Waals surface area contributed by atoms with Gasteiger partial charge in [-0.25, -0.2) is 4.98 Å². The van der Waals surface area contributed by atoms with E-state index in [1.807, 2.05) is 13.2 Å². The first-order valence-corrected chi connectivity index (χ1v) is 5.41. The maximum Gasteiger partial charge on any atom is 0.124 e. The van der Waals surface area contributed by atoms with Gasteiger partial charge in [0.05, 0.1) is 9.22 Å². The lowest BCUT2D eigenvalue weighted by Crippen LogP contribution is -2.10. The molecule has 2 N–H and O–H groups in total. The number of thioether (sulfide) groups is 1. The highest BCUT2D eigenvalue weighted by Crippen LogP contribution is 2.26. The Morgan fingerprint density at radius 2 is 2.36 bits per heavy atom. The molecular weight excluding hydrogens is 196 g/mol. The summed E-state index contributed by atoms with van der Waals surface area (Å²) in [5.41, 5.74) is 6.24. The maximum absolute atomic E-state index is 5.47. The first-order chi connectivity index (χ1) is 5.15. The molecule has 0 aliphatic carbocycles. The number of thiocarbonyl (C=S) groups is 1. The van der Waals surface area contributed by atoms with Crippen molar-refractivity contribution in [2.75, 3.05) is 6.26 Å². The van der Waals surface area contributed by atoms with Crippen molar-refractivity contribution >= 4 is 40.3 Å². The van der Waals surface area contributed by atoms with Crippen LogP contribution >= 0.6 is 35.3 Å². The zero-order valence-electron chi connectivity index (χ0n) is 6.25. The van der Waals surface area contributed by atoms with E-state index in [0.29, 0.717) is 4.99 Å². The van der Waals surface area contributed by atoms with Crippen molar-refractivity contribution < 1.29 is 0 Å². The van der Waals surface area contributed by atoms with Crippen LogP contribution in [0.2, 0.25) is 0 Å². The predicted molar refractivity (Wildman–Crippen MR) is 54.5 cm³/mol. The van der Waals surface area contributed by atoms with Gasteiger partial charge in [-0.3, -0.25) is 0 Å². The van der Waals surface area contributed by atoms with Gasteiger partial charge in [-0.15, -0.1) is 23.1 Å². The summed E-state index contributed by atoms with van der Waals surface area (Å²) in [5.74, 6) is 0. The van der Waals surface area contributed by atoms with E-state index in [9.17, 15) is 0 Å². The molecule has 60 valence electrons. The highest BCUT2D eigenvalue weighted by molar-refractivity contribution is 8.00. The zero-order valence-corrected chi connectivity index (χ0v) is 8.70. The Labute approximate surface area is 79.2 Å². The van der Waals surface area contributed by atoms with Gasteiger partial charge in [0.1, 0.15) is 10.7 Å². The van der Waals surface area contributed by atoms with Crippen LogP contribution in [0.1, 0.15) is 10.7 Å². The molecule has 0 fully saturated rings. The fourth-order valence-corrected chi connectivity index (χ4v) is 2.68. The number of rotatable bonds is 2. The van der Waals surface area contributed by atoms with E-state index in [1.54, 1.807) is 23.1 Å². The van der Waals surface area contributed by atoms with Gasteiger partial charge in [-0.05, 0) is 13.2 Å². The van der Waals surface area contributed by atoms with Crippen molar-refractivity contribution in [3.63, 3.8) is 0 Å². The Morgan fingerprint density at radius 3 is 2.73 bits per heavy atom. The molecule has 11 heavy (non-hydrogen) atoms. The minimum absolute atomic E-state index is 0.388. The molecule has 2 nitrogen and oxygen atoms in total. The average Bonchev–Trinajstić information content (AvgIpc) is 2.30. The van der Waals surface area contributed by atoms with Crippen LogP contribution in [0.25, 0.3) is 0 Å². The van der Waals surface area contributed by atoms with Gasteiger partial charge in [0, 0.05) is 0 Å². The van der Waals surface area contributed by atoms with Crippen LogP contribution < -0.4 is 5.73 Å². The SMILES string of the molecule is CSc1sc(C)nc1C(N)=S. The first kappa shape index (κ1) is 8.96. The molecule has 1 heterocycles. The van der Waals surface area contributed by atoms with Crippen LogP contribution in [-0.4, -0.2) is 16.2 Å². The van der Waals surface area contributed by atoms with Gasteiger partial charge in [0.2, 0.25) is 0 Å². The largest absolute Gasteiger partial charge is 0.388 e. The maximum atomic E-state index is 5.47. The van der Waals surface area contributed by atoms with Gasteiger partial charge < -0.3 is 5.73 Å². The van der Waals surface area contributed by atoms with E-state index in [4.69, 9.17) is 18.0 Å². The molecular formula is C6H8N2S3. The van der Waals surface area contributed by atoms with E-state index in [0.717, 1.165) is 14.9 Å². The Morgan fingerprint density at radius 1 is 1.73 bits per heavy atom. The molecule has 0 saturated heterocycles. The summed E-state index contributed by atoms with van der Waals surface area (Å²) in [6.07, 6.45) is 1.99. The van der Waals surface area contributed by atoms with E-state index >= 15 is 0 Å². The summed E-state index contributed by atoms with van der Waals surface area (Å²) in [4.78, 5) is 4.60. The smallest absolute Gasteiger partial charge is 0.124 e. The number of hydrogen-bond acceptors (Lipinski definition) is 4. The molecule has 5 heteroatoms. The molecule has 0 unspecified atom stereocenters. The quantitative estimate of drug-likeness (QED) is 0.589. The van der Waals surface area contributed by atoms with Gasteiger partial charge in [-0.1, -0.05) is 12.2 Å². The molecule has 0 aromatic carbocycles. The molecule has 0 aliphatic heterocycles. The van der Waals surface area contributed by atoms with Crippen LogP contribution in [0.5, 0.6) is 0 Å². The summed E-state index contributed by atoms with van der Waals surface area (Å²) in [6.45, 7) is 1.95. The van der Waals surface area contributed by atoms with Gasteiger partial charge >= 0.3 is 0 Å². The van der Waals surface area contributed by atoms with E-state index in [1.165, 1.54) is 0 Å². The number of aromatic nitrogens is 1. The highest BCUT2D eigenvalue weighted by atomic mass is 32.2. The summed E-state index contributed by atoms with van der Waals surface area (Å²) in [5, 5.41) is 1.01. The van der Waals surface area contributed by atoms with Gasteiger partial charge in [-0.2, -0.15) is 0 Å². The Kier molecular flexibility index (Phi) is 2.86. The molecule has 1 aromatic heterocycles. The van der Waals surface area contributed by atoms with Crippen LogP contribution in [0.3, 0.4) is 0 Å². The van der Waals surface area contributed by atoms with Crippen molar-refractivity contribution in [2.45, 2.75) is 11.1 Å². The minimum atomic E-state index is 0.388. The lowest BCUT2D eigenvalue weighted by molar-refractivity contribution is 1.25. The van der Waals surface area contributed by atoms with Crippen LogP contribution in [0, 0.1) is 6.92 Å². The van der Waals surface area contributed by atoms with Crippen LogP contribution in [0.4, 0.5) is 0 Å². The fourth-order valence-electron chi connectivity index (χ4n) is 0.702. The van der Waals surface area contributed by atoms with Crippen molar-refractivity contribution in [2.24, 2.45) is 5.73 Å². The summed E-state index contributed by atoms with van der Waals surface area (Å²) in [6, 6.07) is 0. The predicted octanol–water partition coefficient (Wildman–Crippen LogP) is 1.81. The second-order valence-corrected chi connectivity index (χ2v) is 4.66. The number of thiazole rings is 1. The van der Waals surface area contributed by atoms with Gasteiger partial charge in [0.15, 0.2) is 0 Å². The van der Waals surface area contributed by atoms with Crippen LogP contribution in [-0.2, 0) is 0 Å². The minimum Gasteiger partial charge on any atom is -0.388 e. The third-order valence-electron chi connectivity index (χ3n) is 1.12. The third kappa shape index (κ3) is 1.91. The number of nitrogens with zero attached hydrogens (tertiary/aromatic N) is 1. The molecule has 0 aliphatic rings. The fraction of sp³-hybridized carbons (Fsp3) is 0.333. The molecule has 0 atom stereocenters. The summed E-state index contributed by atoms with van der Waals surface area (Å²) < 4.78 is 1.11. The van der Waals surface area contributed by atoms with E-state index in [-0.39, 0.29) is 0 Å². The van der Waals surface area contributed by atoms with E-state index < -0.39 is 0 Å². The van der Waals surface area contributed by atoms with E-state index in [2.05, 4.69) is 4.98 Å². The normalized spacial score (nSPS) is 10.0. The Balaban J connectivity index is 3.12. The Hall–Kier alpha value is -0.130. The molecule has 0 saturated carbocycles. The first-order valence-electron chi connectivity index (χ1n) is 2.96. The summed E-state index contributed by atoms with van der Waals surface area (Å²) in [7, 11) is 0. The third-order valence-corrected chi connectivity index (χ3v) is 3.39. The molecule has 0 bridgehead atoms. The number of aryl methyl sites for hydroxylation is 1. The standard InChI is InChI=1S/C6H8N2S3/c1-3-8-4(5(7)9)6(10-2)11-3/h1-2H3,(H2,7,9). The van der Waals surface area contributed by atoms with Crippen molar-refractivity contribution in [1.29, 1.82) is 0 Å². The van der Waals surface area contributed by atoms with Crippen LogP contribution in [0.15, 0.2) is 4.21 Å². The molecule has 0 spiro atoms. The molecule has 0 amide bonds. The second-order valence-electron chi connectivity index (χ2n) is 1.94. The van der Waals surface area contributed by atoms with Crippen molar-refractivity contribution in [3.8, 4) is 0 Å². The molecule has 1 aromatic rings. The highest BCUT2D eigenvalue weighted by Gasteiger charge is 2.09. The van der Waals surface area contributed by atoms with Crippen molar-refractivity contribution in [3.05, 3.63) is 10.7 Å². The second kappa shape index (κ2) is 3.51. The topological polar surface area (TPSA) is 38.9 Å². The zero-order chi connectivity index (χ0) is 8.43. The monoisotopic (exact) mass is 204 g/mol. The van der Waals surface area contributed by atoms with Crippen molar-refractivity contribution in [1.82, 2.24) is 4.98 Å². The molecule has 0 radical (unpaired) electrons. The number of nitrogens with two attached hydrogens (primary N) is 1. The van der Waals surface area contributed by atoms with Gasteiger partial charge in [0.25, 0.3) is 0 Å². The lowest BCUT2D eigenvalue weighted by Gasteiger charge is -1.92. The average molecular weight is 204 g/mol. The number of hydrogen-bond donors (Lipinski definition) is 1. The lowest BCUT2D eigenvalue weighted by atomic mass is 10.5.